The summed E-state index contributed by atoms with van der Waals surface area (Å²) in [6, 6.07) is 11.3. The molecule has 2 rings (SSSR count). The van der Waals surface area contributed by atoms with Gasteiger partial charge in [0.1, 0.15) is 11.5 Å². The van der Waals surface area contributed by atoms with Crippen LogP contribution in [0.4, 0.5) is 5.69 Å². The van der Waals surface area contributed by atoms with Gasteiger partial charge in [-0.25, -0.2) is 4.79 Å². The fourth-order valence-corrected chi connectivity index (χ4v) is 2.34. The molecule has 0 fully saturated rings. The smallest absolute Gasteiger partial charge is 0.343 e. The number of nitrogens with zero attached hydrogens (tertiary/aromatic N) is 1. The molecule has 0 N–H and O–H groups in total. The highest BCUT2D eigenvalue weighted by Gasteiger charge is 2.11. The van der Waals surface area contributed by atoms with Crippen molar-refractivity contribution in [1.82, 2.24) is 0 Å². The number of benzene rings is 2. The topological polar surface area (TPSA) is 95.7 Å². The summed E-state index contributed by atoms with van der Waals surface area (Å²) < 4.78 is 10.4. The maximum absolute atomic E-state index is 12.1. The summed E-state index contributed by atoms with van der Waals surface area (Å²) in [4.78, 5) is 33.9. The van der Waals surface area contributed by atoms with Crippen LogP contribution in [0, 0.1) is 10.1 Å². The lowest BCUT2D eigenvalue weighted by Gasteiger charge is -2.06. The number of hydrogen-bond acceptors (Lipinski definition) is 6. The van der Waals surface area contributed by atoms with E-state index in [1.54, 1.807) is 0 Å². The second kappa shape index (κ2) is 10.1. The van der Waals surface area contributed by atoms with Crippen molar-refractivity contribution in [2.75, 3.05) is 0 Å². The van der Waals surface area contributed by atoms with Crippen LogP contribution in [0.1, 0.15) is 49.4 Å². The zero-order valence-corrected chi connectivity index (χ0v) is 15.1. The first-order chi connectivity index (χ1) is 13.0. The minimum Gasteiger partial charge on any atom is -0.427 e. The Kier molecular flexibility index (Phi) is 7.49. The molecule has 0 atom stereocenters. The molecule has 0 saturated heterocycles. The molecule has 0 spiro atoms. The molecule has 0 heterocycles. The Labute approximate surface area is 157 Å². The van der Waals surface area contributed by atoms with Crippen LogP contribution in [0.15, 0.2) is 48.5 Å². The van der Waals surface area contributed by atoms with E-state index in [9.17, 15) is 19.7 Å². The van der Waals surface area contributed by atoms with E-state index in [1.165, 1.54) is 48.5 Å². The quantitative estimate of drug-likeness (QED) is 0.209. The Morgan fingerprint density at radius 1 is 0.889 bits per heavy atom. The molecule has 0 aromatic heterocycles. The van der Waals surface area contributed by atoms with Crippen LogP contribution in [0.3, 0.4) is 0 Å². The summed E-state index contributed by atoms with van der Waals surface area (Å²) >= 11 is 0. The number of nitro groups is 1. The molecule has 7 heteroatoms. The number of hydrogen-bond donors (Lipinski definition) is 0. The largest absolute Gasteiger partial charge is 0.427 e. The highest BCUT2D eigenvalue weighted by Crippen LogP contribution is 2.19. The molecule has 0 amide bonds. The second-order valence-corrected chi connectivity index (χ2v) is 5.95. The van der Waals surface area contributed by atoms with Crippen LogP contribution in [-0.2, 0) is 4.79 Å². The van der Waals surface area contributed by atoms with Gasteiger partial charge in [-0.1, -0.05) is 26.2 Å². The monoisotopic (exact) mass is 371 g/mol. The lowest BCUT2D eigenvalue weighted by atomic mass is 10.1. The molecule has 27 heavy (non-hydrogen) atoms. The standard InChI is InChI=1S/C20H21NO6/c1-2-3-4-5-6-19(22)26-17-11-7-15(8-12-17)20(23)27-18-13-9-16(10-14-18)21(24)25/h7-14H,2-6H2,1H3. The van der Waals surface area contributed by atoms with Gasteiger partial charge < -0.3 is 9.47 Å². The molecule has 0 bridgehead atoms. The van der Waals surface area contributed by atoms with Crippen LogP contribution < -0.4 is 9.47 Å². The lowest BCUT2D eigenvalue weighted by molar-refractivity contribution is -0.384. The summed E-state index contributed by atoms with van der Waals surface area (Å²) in [7, 11) is 0. The third-order valence-corrected chi connectivity index (χ3v) is 3.81. The molecule has 2 aromatic rings. The van der Waals surface area contributed by atoms with Crippen molar-refractivity contribution < 1.29 is 24.0 Å². The number of esters is 2. The van der Waals surface area contributed by atoms with Gasteiger partial charge in [-0.15, -0.1) is 0 Å². The van der Waals surface area contributed by atoms with E-state index in [4.69, 9.17) is 9.47 Å². The van der Waals surface area contributed by atoms with Crippen LogP contribution in [0.5, 0.6) is 11.5 Å². The minimum atomic E-state index is -0.610. The molecular formula is C20H21NO6. The molecule has 0 aliphatic heterocycles. The Bertz CT molecular complexity index is 783. The molecule has 0 aliphatic rings. The SMILES string of the molecule is CCCCCCC(=O)Oc1ccc(C(=O)Oc2ccc([N+](=O)[O-])cc2)cc1. The normalized spacial score (nSPS) is 10.3. The Hall–Kier alpha value is -3.22. The van der Waals surface area contributed by atoms with E-state index < -0.39 is 10.9 Å². The maximum Gasteiger partial charge on any atom is 0.343 e. The molecule has 7 nitrogen and oxygen atoms in total. The van der Waals surface area contributed by atoms with E-state index in [1.807, 2.05) is 0 Å². The highest BCUT2D eigenvalue weighted by molar-refractivity contribution is 5.91. The fraction of sp³-hybridized carbons (Fsp3) is 0.300. The molecule has 0 unspecified atom stereocenters. The van der Waals surface area contributed by atoms with Crippen molar-refractivity contribution in [3.63, 3.8) is 0 Å². The van der Waals surface area contributed by atoms with E-state index >= 15 is 0 Å². The summed E-state index contributed by atoms with van der Waals surface area (Å²) in [5, 5.41) is 10.6. The number of carbonyl (C=O) groups is 2. The first-order valence-corrected chi connectivity index (χ1v) is 8.77. The Balaban J connectivity index is 1.87. The van der Waals surface area contributed by atoms with E-state index in [0.29, 0.717) is 12.2 Å². The van der Waals surface area contributed by atoms with Crippen LogP contribution in [0.2, 0.25) is 0 Å². The first-order valence-electron chi connectivity index (χ1n) is 8.77. The molecular weight excluding hydrogens is 350 g/mol. The summed E-state index contributed by atoms with van der Waals surface area (Å²) in [5.74, 6) is -0.343. The van der Waals surface area contributed by atoms with Crippen molar-refractivity contribution in [1.29, 1.82) is 0 Å². The van der Waals surface area contributed by atoms with Gasteiger partial charge >= 0.3 is 11.9 Å². The second-order valence-electron chi connectivity index (χ2n) is 5.95. The molecule has 2 aromatic carbocycles. The first kappa shape index (κ1) is 20.1. The molecule has 0 saturated carbocycles. The van der Waals surface area contributed by atoms with Crippen molar-refractivity contribution in [2.24, 2.45) is 0 Å². The Morgan fingerprint density at radius 2 is 1.48 bits per heavy atom. The third-order valence-electron chi connectivity index (χ3n) is 3.81. The summed E-state index contributed by atoms with van der Waals surface area (Å²) in [5.41, 5.74) is 0.187. The van der Waals surface area contributed by atoms with Gasteiger partial charge in [0.15, 0.2) is 0 Å². The number of rotatable bonds is 9. The fourth-order valence-electron chi connectivity index (χ4n) is 2.34. The van der Waals surface area contributed by atoms with Gasteiger partial charge in [0, 0.05) is 18.6 Å². The number of non-ortho nitro benzene ring substituents is 1. The zero-order valence-electron chi connectivity index (χ0n) is 15.1. The number of unbranched alkanes of at least 4 members (excludes halogenated alkanes) is 3. The average Bonchev–Trinajstić information content (AvgIpc) is 2.66. The third kappa shape index (κ3) is 6.54. The predicted octanol–water partition coefficient (Wildman–Crippen LogP) is 4.69. The van der Waals surface area contributed by atoms with Gasteiger partial charge in [0.05, 0.1) is 10.5 Å². The molecule has 0 radical (unpaired) electrons. The number of ether oxygens (including phenoxy) is 2. The summed E-state index contributed by atoms with van der Waals surface area (Å²) in [6.45, 7) is 2.10. The van der Waals surface area contributed by atoms with Crippen LogP contribution >= 0.6 is 0 Å². The molecule has 142 valence electrons. The van der Waals surface area contributed by atoms with Crippen molar-refractivity contribution in [3.05, 3.63) is 64.2 Å². The van der Waals surface area contributed by atoms with E-state index in [0.717, 1.165) is 25.7 Å². The van der Waals surface area contributed by atoms with E-state index in [-0.39, 0.29) is 23.0 Å². The predicted molar refractivity (Wildman–Crippen MR) is 98.9 cm³/mol. The van der Waals surface area contributed by atoms with Gasteiger partial charge in [0.2, 0.25) is 0 Å². The summed E-state index contributed by atoms with van der Waals surface area (Å²) in [6.07, 6.45) is 4.36. The van der Waals surface area contributed by atoms with Gasteiger partial charge in [-0.05, 0) is 42.8 Å². The molecule has 0 aliphatic carbocycles. The van der Waals surface area contributed by atoms with Crippen molar-refractivity contribution in [3.8, 4) is 11.5 Å². The van der Waals surface area contributed by atoms with Crippen LogP contribution in [0.25, 0.3) is 0 Å². The lowest BCUT2D eigenvalue weighted by Crippen LogP contribution is -2.10. The van der Waals surface area contributed by atoms with Gasteiger partial charge in [-0.3, -0.25) is 14.9 Å². The zero-order chi connectivity index (χ0) is 19.6. The average molecular weight is 371 g/mol. The Morgan fingerprint density at radius 3 is 2.07 bits per heavy atom. The van der Waals surface area contributed by atoms with Crippen molar-refractivity contribution in [2.45, 2.75) is 39.0 Å². The number of carbonyl (C=O) groups excluding carboxylic acids is 2. The van der Waals surface area contributed by atoms with Gasteiger partial charge in [0.25, 0.3) is 5.69 Å². The van der Waals surface area contributed by atoms with Gasteiger partial charge in [-0.2, -0.15) is 0 Å². The minimum absolute atomic E-state index is 0.0874. The van der Waals surface area contributed by atoms with E-state index in [2.05, 4.69) is 6.92 Å². The van der Waals surface area contributed by atoms with Crippen molar-refractivity contribution >= 4 is 17.6 Å². The van der Waals surface area contributed by atoms with Crippen LogP contribution in [-0.4, -0.2) is 16.9 Å². The maximum atomic E-state index is 12.1. The number of nitro benzene ring substituents is 1. The highest BCUT2D eigenvalue weighted by atomic mass is 16.6.